The monoisotopic (exact) mass is 393 g/mol. The van der Waals surface area contributed by atoms with Crippen LogP contribution in [0.1, 0.15) is 16.3 Å². The molecule has 0 amide bonds. The molecule has 24 heavy (non-hydrogen) atoms. The third-order valence-electron chi connectivity index (χ3n) is 2.84. The van der Waals surface area contributed by atoms with Crippen molar-refractivity contribution in [3.8, 4) is 0 Å². The summed E-state index contributed by atoms with van der Waals surface area (Å²) < 4.78 is 38.2. The number of hydrogen-bond acceptors (Lipinski definition) is 8. The fraction of sp³-hybridized carbons (Fsp3) is 0.308. The predicted octanol–water partition coefficient (Wildman–Crippen LogP) is -2.89. The highest BCUT2D eigenvalue weighted by Crippen LogP contribution is 2.26. The van der Waals surface area contributed by atoms with E-state index in [0.717, 1.165) is 20.6 Å². The third kappa shape index (κ3) is 6.69. The maximum atomic E-state index is 11.8. The number of nitrogens with zero attached hydrogens (tertiary/aromatic N) is 3. The topological polar surface area (TPSA) is 131 Å². The van der Waals surface area contributed by atoms with Gasteiger partial charge in [-0.2, -0.15) is 9.36 Å². The first-order chi connectivity index (χ1) is 11.0. The summed E-state index contributed by atoms with van der Waals surface area (Å²) in [6, 6.07) is 1.92. The first-order valence-corrected chi connectivity index (χ1v) is 9.67. The van der Waals surface area contributed by atoms with Gasteiger partial charge in [0, 0.05) is 6.07 Å². The highest BCUT2D eigenvalue weighted by molar-refractivity contribution is 8.00. The van der Waals surface area contributed by atoms with Crippen LogP contribution >= 0.6 is 23.1 Å². The van der Waals surface area contributed by atoms with Crippen LogP contribution in [-0.2, 0) is 14.1 Å². The van der Waals surface area contributed by atoms with Gasteiger partial charge in [-0.25, -0.2) is 28.2 Å². The normalized spacial score (nSPS) is 11.5. The number of aryl methyl sites for hydroxylation is 2. The summed E-state index contributed by atoms with van der Waals surface area (Å²) in [7, 11) is -1.43. The quantitative estimate of drug-likeness (QED) is 0.404. The molecule has 0 saturated heterocycles. The Kier molecular flexibility index (Phi) is 7.55. The average Bonchev–Trinajstić information content (AvgIpc) is 2.83. The van der Waals surface area contributed by atoms with Gasteiger partial charge in [0.05, 0.1) is 30.9 Å². The molecule has 0 aliphatic heterocycles. The molecule has 11 heteroatoms. The molecule has 0 saturated carbocycles. The predicted molar refractivity (Wildman–Crippen MR) is 80.4 cm³/mol. The average molecular weight is 394 g/mol. The lowest BCUT2D eigenvalue weighted by atomic mass is 10.3. The zero-order valence-electron chi connectivity index (χ0n) is 13.4. The lowest BCUT2D eigenvalue weighted by molar-refractivity contribution is -2.00. The van der Waals surface area contributed by atoms with Crippen LogP contribution in [0.4, 0.5) is 0 Å². The van der Waals surface area contributed by atoms with Crippen molar-refractivity contribution in [1.82, 2.24) is 9.55 Å². The van der Waals surface area contributed by atoms with E-state index in [0.29, 0.717) is 0 Å². The second kappa shape index (κ2) is 8.72. The molecular formula is C13H16ClN3O5S2. The standard InChI is InChI=1S/C13H16N3OS2.ClHO4/c1-9-11(19-12(14-9)18-4)6-5-10-7-8-15(2)13(17)16(10)3;2-1(3,4)5/h5-8H,1-4H3;(H,2,3,4,5)/q+1;/p-1. The van der Waals surface area contributed by atoms with Crippen molar-refractivity contribution in [3.05, 3.63) is 39.0 Å². The van der Waals surface area contributed by atoms with Gasteiger partial charge in [-0.1, -0.05) is 11.8 Å². The van der Waals surface area contributed by atoms with Crippen LogP contribution in [0.25, 0.3) is 12.2 Å². The highest BCUT2D eigenvalue weighted by atomic mass is 35.7. The Labute approximate surface area is 149 Å². The summed E-state index contributed by atoms with van der Waals surface area (Å²) in [6.45, 7) is 2.00. The molecule has 0 bridgehead atoms. The molecule has 132 valence electrons. The Morgan fingerprint density at radius 1 is 1.33 bits per heavy atom. The molecule has 0 N–H and O–H groups in total. The number of halogens is 1. The van der Waals surface area contributed by atoms with E-state index in [1.807, 2.05) is 31.4 Å². The molecule has 8 nitrogen and oxygen atoms in total. The van der Waals surface area contributed by atoms with E-state index < -0.39 is 10.2 Å². The highest BCUT2D eigenvalue weighted by Gasteiger charge is 2.08. The summed E-state index contributed by atoms with van der Waals surface area (Å²) in [4.78, 5) is 17.4. The second-order valence-electron chi connectivity index (χ2n) is 4.54. The summed E-state index contributed by atoms with van der Waals surface area (Å²) in [5.41, 5.74) is 1.87. The minimum absolute atomic E-state index is 0.0343. The summed E-state index contributed by atoms with van der Waals surface area (Å²) >= 11 is 3.31. The van der Waals surface area contributed by atoms with Gasteiger partial charge in [-0.05, 0) is 25.3 Å². The van der Waals surface area contributed by atoms with Crippen molar-refractivity contribution in [2.75, 3.05) is 6.26 Å². The maximum Gasteiger partial charge on any atom is 0.497 e. The summed E-state index contributed by atoms with van der Waals surface area (Å²) in [5.74, 6) is 0. The fourth-order valence-corrected chi connectivity index (χ4v) is 3.19. The van der Waals surface area contributed by atoms with Crippen LogP contribution in [0.2, 0.25) is 0 Å². The number of rotatable bonds is 3. The molecule has 0 aromatic carbocycles. The number of hydrogen-bond donors (Lipinski definition) is 0. The van der Waals surface area contributed by atoms with Crippen molar-refractivity contribution in [1.29, 1.82) is 0 Å². The number of thiazole rings is 1. The first kappa shape index (κ1) is 20.8. The molecule has 0 aliphatic carbocycles. The molecular weight excluding hydrogens is 378 g/mol. The van der Waals surface area contributed by atoms with Crippen LogP contribution in [0.15, 0.2) is 21.4 Å². The Bertz CT molecular complexity index is 777. The second-order valence-corrected chi connectivity index (χ2v) is 7.38. The van der Waals surface area contributed by atoms with Crippen LogP contribution in [0, 0.1) is 17.2 Å². The van der Waals surface area contributed by atoms with E-state index in [1.165, 1.54) is 0 Å². The molecule has 0 radical (unpaired) electrons. The van der Waals surface area contributed by atoms with Crippen molar-refractivity contribution in [2.24, 2.45) is 14.1 Å². The number of aromatic nitrogens is 3. The zero-order chi connectivity index (χ0) is 18.5. The summed E-state index contributed by atoms with van der Waals surface area (Å²) in [6.07, 6.45) is 7.76. The summed E-state index contributed by atoms with van der Waals surface area (Å²) in [5, 5.41) is 0. The van der Waals surface area contributed by atoms with Crippen molar-refractivity contribution in [2.45, 2.75) is 11.3 Å². The van der Waals surface area contributed by atoms with E-state index in [1.54, 1.807) is 52.5 Å². The van der Waals surface area contributed by atoms with Gasteiger partial charge in [0.1, 0.15) is 10.0 Å². The Morgan fingerprint density at radius 3 is 2.42 bits per heavy atom. The lowest BCUT2D eigenvalue weighted by Crippen LogP contribution is -2.68. The van der Waals surface area contributed by atoms with Crippen molar-refractivity contribution in [3.63, 3.8) is 0 Å². The smallest absolute Gasteiger partial charge is 0.234 e. The Morgan fingerprint density at radius 2 is 1.92 bits per heavy atom. The molecule has 0 fully saturated rings. The van der Waals surface area contributed by atoms with Crippen LogP contribution in [-0.4, -0.2) is 15.8 Å². The van der Waals surface area contributed by atoms with Gasteiger partial charge < -0.3 is 0 Å². The van der Waals surface area contributed by atoms with E-state index in [4.69, 9.17) is 18.6 Å². The largest absolute Gasteiger partial charge is 0.497 e. The van der Waals surface area contributed by atoms with E-state index in [2.05, 4.69) is 4.98 Å². The van der Waals surface area contributed by atoms with Crippen molar-refractivity contribution >= 4 is 35.3 Å². The van der Waals surface area contributed by atoms with Crippen LogP contribution in [0.3, 0.4) is 0 Å². The molecule has 0 aliphatic rings. The molecule has 2 aromatic rings. The van der Waals surface area contributed by atoms with E-state index in [-0.39, 0.29) is 5.69 Å². The first-order valence-electron chi connectivity index (χ1n) is 6.40. The molecule has 0 atom stereocenters. The molecule has 2 aromatic heterocycles. The minimum atomic E-state index is -4.94. The van der Waals surface area contributed by atoms with Crippen LogP contribution < -0.4 is 28.9 Å². The van der Waals surface area contributed by atoms with Gasteiger partial charge >= 0.3 is 5.69 Å². The van der Waals surface area contributed by atoms with E-state index >= 15 is 0 Å². The van der Waals surface area contributed by atoms with Gasteiger partial charge in [0.25, 0.3) is 0 Å². The molecule has 0 unspecified atom stereocenters. The van der Waals surface area contributed by atoms with Gasteiger partial charge in [0.2, 0.25) is 0 Å². The Hall–Kier alpha value is -1.27. The van der Waals surface area contributed by atoms with Gasteiger partial charge in [0.15, 0.2) is 0 Å². The Balaban J connectivity index is 0.000000505. The lowest BCUT2D eigenvalue weighted by Gasteiger charge is -2.17. The molecule has 2 heterocycles. The maximum absolute atomic E-state index is 11.8. The van der Waals surface area contributed by atoms with E-state index in [9.17, 15) is 4.79 Å². The van der Waals surface area contributed by atoms with Gasteiger partial charge in [-0.3, -0.25) is 0 Å². The van der Waals surface area contributed by atoms with Crippen LogP contribution in [0.5, 0.6) is 0 Å². The fourth-order valence-electron chi connectivity index (χ4n) is 1.66. The SMILES string of the molecule is CSc1nc(C)c(/C=C/c2cc[n+](C)c(=O)n2C)s1.[O-][Cl+3]([O-])([O-])[O-]. The third-order valence-corrected chi connectivity index (χ3v) is 4.95. The zero-order valence-corrected chi connectivity index (χ0v) is 15.8. The number of thioether (sulfide) groups is 1. The molecule has 0 spiro atoms. The molecule has 2 rings (SSSR count). The minimum Gasteiger partial charge on any atom is -0.234 e. The van der Waals surface area contributed by atoms with Gasteiger partial charge in [-0.15, -0.1) is 21.6 Å². The van der Waals surface area contributed by atoms with Crippen molar-refractivity contribution < 1.29 is 33.4 Å².